The number of carbonyl (C=O) groups is 2. The molecular formula is C79H151NO5. The second kappa shape index (κ2) is 74.5. The van der Waals surface area contributed by atoms with Crippen LogP contribution in [0.5, 0.6) is 0 Å². The van der Waals surface area contributed by atoms with Crippen molar-refractivity contribution in [2.24, 2.45) is 0 Å². The highest BCUT2D eigenvalue weighted by atomic mass is 16.5. The molecule has 0 radical (unpaired) electrons. The van der Waals surface area contributed by atoms with E-state index in [1.807, 2.05) is 6.08 Å². The van der Waals surface area contributed by atoms with Crippen LogP contribution >= 0.6 is 0 Å². The molecule has 1 amide bonds. The number of nitrogens with one attached hydrogen (secondary N) is 1. The number of rotatable bonds is 73. The van der Waals surface area contributed by atoms with Crippen LogP contribution in [0.25, 0.3) is 0 Å². The molecule has 3 N–H and O–H groups in total. The number of carbonyl (C=O) groups excluding carboxylic acids is 2. The molecule has 0 saturated heterocycles. The Hall–Kier alpha value is -1.92. The Morgan fingerprint density at radius 1 is 0.318 bits per heavy atom. The lowest BCUT2D eigenvalue weighted by atomic mass is 10.0. The van der Waals surface area contributed by atoms with E-state index in [2.05, 4.69) is 43.5 Å². The minimum absolute atomic E-state index is 0.0105. The van der Waals surface area contributed by atoms with E-state index in [-0.39, 0.29) is 18.5 Å². The molecule has 0 aromatic heterocycles. The van der Waals surface area contributed by atoms with E-state index >= 15 is 0 Å². The number of allylic oxidation sites excluding steroid dienone is 5. The normalized spacial score (nSPS) is 12.7. The van der Waals surface area contributed by atoms with Crippen molar-refractivity contribution >= 4 is 11.9 Å². The topological polar surface area (TPSA) is 95.9 Å². The highest BCUT2D eigenvalue weighted by Crippen LogP contribution is 2.19. The van der Waals surface area contributed by atoms with Gasteiger partial charge in [0.1, 0.15) is 0 Å². The molecule has 2 unspecified atom stereocenters. The molecule has 0 saturated carbocycles. The van der Waals surface area contributed by atoms with Crippen molar-refractivity contribution in [3.8, 4) is 0 Å². The van der Waals surface area contributed by atoms with E-state index in [9.17, 15) is 19.8 Å². The lowest BCUT2D eigenvalue weighted by Crippen LogP contribution is -2.45. The van der Waals surface area contributed by atoms with E-state index in [4.69, 9.17) is 4.74 Å². The van der Waals surface area contributed by atoms with Crippen molar-refractivity contribution in [1.29, 1.82) is 0 Å². The zero-order chi connectivity index (χ0) is 61.3. The van der Waals surface area contributed by atoms with Crippen LogP contribution in [0.3, 0.4) is 0 Å². The van der Waals surface area contributed by atoms with Crippen LogP contribution in [0.15, 0.2) is 36.5 Å². The van der Waals surface area contributed by atoms with Crippen LogP contribution in [0.1, 0.15) is 431 Å². The summed E-state index contributed by atoms with van der Waals surface area (Å²) in [5, 5.41) is 23.3. The van der Waals surface area contributed by atoms with Gasteiger partial charge in [-0.25, -0.2) is 0 Å². The Labute approximate surface area is 532 Å². The Balaban J connectivity index is 3.36. The van der Waals surface area contributed by atoms with Gasteiger partial charge in [-0.1, -0.05) is 378 Å². The predicted molar refractivity (Wildman–Crippen MR) is 375 cm³/mol. The molecule has 2 atom stereocenters. The number of unbranched alkanes of at least 4 members (excludes halogenated alkanes) is 58. The van der Waals surface area contributed by atoms with E-state index < -0.39 is 12.1 Å². The zero-order valence-electron chi connectivity index (χ0n) is 57.6. The summed E-state index contributed by atoms with van der Waals surface area (Å²) in [6.07, 6.45) is 97.0. The van der Waals surface area contributed by atoms with Crippen LogP contribution in [0.2, 0.25) is 0 Å². The standard InChI is InChI=1S/C79H151NO5/c1-3-5-7-9-11-13-15-16-17-18-19-39-42-45-48-52-55-59-63-67-71-77(82)76(75-81)80-78(83)72-68-64-60-56-53-49-46-43-40-37-35-33-31-29-27-25-23-21-20-22-24-26-28-30-32-34-36-38-41-44-47-50-54-58-62-66-70-74-85-79(84)73-69-65-61-57-51-14-12-10-8-6-4-2/h10,12,20,22,67,71,76-77,81-82H,3-9,11,13-19,21,23-66,68-70,72-75H2,1-2H3,(H,80,83)/b12-10-,22-20-,71-67+. The maximum Gasteiger partial charge on any atom is 0.305 e. The summed E-state index contributed by atoms with van der Waals surface area (Å²) in [6, 6.07) is -0.626. The first-order valence-electron chi connectivity index (χ1n) is 38.8. The Kier molecular flexibility index (Phi) is 72.9. The van der Waals surface area contributed by atoms with Crippen molar-refractivity contribution in [3.05, 3.63) is 36.5 Å². The van der Waals surface area contributed by atoms with Gasteiger partial charge in [0.2, 0.25) is 5.91 Å². The fraction of sp³-hybridized carbons (Fsp3) is 0.899. The monoisotopic (exact) mass is 1190 g/mol. The summed E-state index contributed by atoms with van der Waals surface area (Å²) in [4.78, 5) is 24.5. The van der Waals surface area contributed by atoms with Crippen molar-refractivity contribution in [2.75, 3.05) is 13.2 Å². The number of ether oxygens (including phenoxy) is 1. The highest BCUT2D eigenvalue weighted by Gasteiger charge is 2.18. The number of hydrogen-bond donors (Lipinski definition) is 3. The summed E-state index contributed by atoms with van der Waals surface area (Å²) in [5.41, 5.74) is 0. The Bertz CT molecular complexity index is 1380. The first-order chi connectivity index (χ1) is 42.0. The average Bonchev–Trinajstić information content (AvgIpc) is 3.54. The smallest absolute Gasteiger partial charge is 0.305 e. The van der Waals surface area contributed by atoms with Gasteiger partial charge in [0.15, 0.2) is 0 Å². The molecule has 0 aliphatic rings. The third-order valence-corrected chi connectivity index (χ3v) is 18.1. The number of aliphatic hydroxyl groups excluding tert-OH is 2. The molecule has 0 rings (SSSR count). The maximum absolute atomic E-state index is 12.5. The minimum Gasteiger partial charge on any atom is -0.466 e. The molecule has 0 fully saturated rings. The fourth-order valence-corrected chi connectivity index (χ4v) is 12.2. The van der Waals surface area contributed by atoms with Crippen LogP contribution in [0, 0.1) is 0 Å². The van der Waals surface area contributed by atoms with Gasteiger partial charge in [-0.15, -0.1) is 0 Å². The third-order valence-electron chi connectivity index (χ3n) is 18.1. The summed E-state index contributed by atoms with van der Waals surface area (Å²) >= 11 is 0. The van der Waals surface area contributed by atoms with Crippen molar-refractivity contribution in [2.45, 2.75) is 443 Å². The highest BCUT2D eigenvalue weighted by molar-refractivity contribution is 5.76. The third kappa shape index (κ3) is 71.0. The quantitative estimate of drug-likeness (QED) is 0.0320. The molecular weight excluding hydrogens is 1040 g/mol. The Morgan fingerprint density at radius 2 is 0.565 bits per heavy atom. The molecule has 0 spiro atoms. The second-order valence-electron chi connectivity index (χ2n) is 26.7. The molecule has 0 aromatic rings. The van der Waals surface area contributed by atoms with Crippen molar-refractivity contribution in [3.63, 3.8) is 0 Å². The van der Waals surface area contributed by atoms with Gasteiger partial charge < -0.3 is 20.3 Å². The number of amides is 1. The first-order valence-corrected chi connectivity index (χ1v) is 38.8. The van der Waals surface area contributed by atoms with Crippen molar-refractivity contribution < 1.29 is 24.5 Å². The molecule has 0 bridgehead atoms. The van der Waals surface area contributed by atoms with E-state index in [0.717, 1.165) is 44.9 Å². The van der Waals surface area contributed by atoms with E-state index in [0.29, 0.717) is 19.4 Å². The predicted octanol–water partition coefficient (Wildman–Crippen LogP) is 25.4. The van der Waals surface area contributed by atoms with Gasteiger partial charge in [0.25, 0.3) is 0 Å². The first kappa shape index (κ1) is 83.1. The Morgan fingerprint density at radius 3 is 0.871 bits per heavy atom. The fourth-order valence-electron chi connectivity index (χ4n) is 12.2. The lowest BCUT2D eigenvalue weighted by Gasteiger charge is -2.20. The van der Waals surface area contributed by atoms with Gasteiger partial charge in [0.05, 0.1) is 25.4 Å². The SMILES string of the molecule is CCCC/C=C\CCCCCCCC(=O)OCCCCCCCCCCCCCCCCCC/C=C\CCCCCCCCCCCCCCCCCCCC(=O)NC(CO)C(O)/C=C/CCCCCCCCCCCCCCCCCCCC. The summed E-state index contributed by atoms with van der Waals surface area (Å²) in [5.74, 6) is -0.0493. The molecule has 0 heterocycles. The number of hydrogen-bond acceptors (Lipinski definition) is 5. The summed E-state index contributed by atoms with van der Waals surface area (Å²) in [7, 11) is 0. The second-order valence-corrected chi connectivity index (χ2v) is 26.7. The lowest BCUT2D eigenvalue weighted by molar-refractivity contribution is -0.143. The van der Waals surface area contributed by atoms with Crippen LogP contribution < -0.4 is 5.32 Å². The summed E-state index contributed by atoms with van der Waals surface area (Å²) in [6.45, 7) is 4.91. The van der Waals surface area contributed by atoms with Gasteiger partial charge in [0, 0.05) is 12.8 Å². The molecule has 6 nitrogen and oxygen atoms in total. The molecule has 0 aliphatic heterocycles. The van der Waals surface area contributed by atoms with Crippen LogP contribution in [-0.4, -0.2) is 47.4 Å². The molecule has 0 aliphatic carbocycles. The molecule has 0 aromatic carbocycles. The van der Waals surface area contributed by atoms with Gasteiger partial charge in [-0.2, -0.15) is 0 Å². The summed E-state index contributed by atoms with van der Waals surface area (Å²) < 4.78 is 5.47. The molecule has 6 heteroatoms. The number of aliphatic hydroxyl groups is 2. The average molecular weight is 1200 g/mol. The van der Waals surface area contributed by atoms with E-state index in [1.54, 1.807) is 6.08 Å². The maximum atomic E-state index is 12.5. The van der Waals surface area contributed by atoms with Gasteiger partial charge in [-0.3, -0.25) is 9.59 Å². The minimum atomic E-state index is -0.843. The van der Waals surface area contributed by atoms with Crippen molar-refractivity contribution in [1.82, 2.24) is 5.32 Å². The zero-order valence-corrected chi connectivity index (χ0v) is 57.6. The van der Waals surface area contributed by atoms with Crippen LogP contribution in [0.4, 0.5) is 0 Å². The number of esters is 1. The molecule has 85 heavy (non-hydrogen) atoms. The largest absolute Gasteiger partial charge is 0.466 e. The van der Waals surface area contributed by atoms with Crippen LogP contribution in [-0.2, 0) is 14.3 Å². The van der Waals surface area contributed by atoms with E-state index in [1.165, 1.54) is 360 Å². The molecule has 502 valence electrons. The van der Waals surface area contributed by atoms with Gasteiger partial charge >= 0.3 is 5.97 Å². The van der Waals surface area contributed by atoms with Gasteiger partial charge in [-0.05, 0) is 77.0 Å².